The average Bonchev–Trinajstić information content (AvgIpc) is 3.48. The van der Waals surface area contributed by atoms with Crippen LogP contribution in [-0.4, -0.2) is 68.9 Å². The lowest BCUT2D eigenvalue weighted by atomic mass is 10.1. The number of carbonyl (C=O) groups is 1. The van der Waals surface area contributed by atoms with Gasteiger partial charge in [-0.05, 0) is 75.5 Å². The van der Waals surface area contributed by atoms with Gasteiger partial charge >= 0.3 is 0 Å². The maximum Gasteiger partial charge on any atom is 0.258 e. The highest BCUT2D eigenvalue weighted by atomic mass is 19.1. The van der Waals surface area contributed by atoms with Gasteiger partial charge in [-0.2, -0.15) is 0 Å². The zero-order valence-corrected chi connectivity index (χ0v) is 19.0. The molecular formula is C25H25FN6O2. The van der Waals surface area contributed by atoms with Gasteiger partial charge in [0.2, 0.25) is 0 Å². The number of rotatable bonds is 5. The Morgan fingerprint density at radius 3 is 2.74 bits per heavy atom. The van der Waals surface area contributed by atoms with Gasteiger partial charge in [0.05, 0.1) is 17.4 Å². The van der Waals surface area contributed by atoms with Crippen LogP contribution in [0.5, 0.6) is 0 Å². The highest BCUT2D eigenvalue weighted by Gasteiger charge is 2.29. The van der Waals surface area contributed by atoms with E-state index in [0.717, 1.165) is 25.9 Å². The maximum atomic E-state index is 13.6. The molecule has 1 N–H and O–H groups in total. The molecule has 1 saturated heterocycles. The molecule has 1 amide bonds. The summed E-state index contributed by atoms with van der Waals surface area (Å²) in [6.07, 6.45) is 3.68. The Bertz CT molecular complexity index is 1410. The number of halogens is 1. The quantitative estimate of drug-likeness (QED) is 0.495. The molecule has 5 rings (SSSR count). The molecule has 34 heavy (non-hydrogen) atoms. The molecule has 8 nitrogen and oxygen atoms in total. The van der Waals surface area contributed by atoms with E-state index in [-0.39, 0.29) is 23.3 Å². The van der Waals surface area contributed by atoms with Crippen LogP contribution in [0.3, 0.4) is 0 Å². The molecule has 9 heteroatoms. The van der Waals surface area contributed by atoms with Crippen molar-refractivity contribution in [1.29, 1.82) is 0 Å². The Hall–Kier alpha value is -3.85. The van der Waals surface area contributed by atoms with Crippen molar-refractivity contribution in [3.63, 3.8) is 0 Å². The summed E-state index contributed by atoms with van der Waals surface area (Å²) in [6.45, 7) is 1.63. The van der Waals surface area contributed by atoms with Crippen molar-refractivity contribution < 1.29 is 9.18 Å². The Morgan fingerprint density at radius 2 is 1.97 bits per heavy atom. The second-order valence-corrected chi connectivity index (χ2v) is 8.90. The number of benzene rings is 2. The van der Waals surface area contributed by atoms with Gasteiger partial charge in [-0.25, -0.2) is 9.07 Å². The fraction of sp³-hybridized carbons (Fsp3) is 0.280. The number of amides is 1. The summed E-state index contributed by atoms with van der Waals surface area (Å²) in [5.74, 6) is -0.351. The van der Waals surface area contributed by atoms with Crippen molar-refractivity contribution in [2.75, 3.05) is 27.2 Å². The van der Waals surface area contributed by atoms with Crippen LogP contribution < -0.4 is 5.56 Å². The third-order valence-electron chi connectivity index (χ3n) is 6.17. The van der Waals surface area contributed by atoms with Crippen LogP contribution in [-0.2, 0) is 0 Å². The fourth-order valence-corrected chi connectivity index (χ4v) is 4.52. The molecule has 2 aromatic heterocycles. The van der Waals surface area contributed by atoms with Gasteiger partial charge in [0, 0.05) is 35.6 Å². The van der Waals surface area contributed by atoms with Crippen LogP contribution in [0.15, 0.2) is 59.5 Å². The molecular weight excluding hydrogens is 435 g/mol. The van der Waals surface area contributed by atoms with E-state index in [1.165, 1.54) is 18.2 Å². The molecule has 0 radical (unpaired) electrons. The summed E-state index contributed by atoms with van der Waals surface area (Å²) in [5, 5.41) is 8.84. The first-order valence-electron chi connectivity index (χ1n) is 11.2. The Morgan fingerprint density at radius 1 is 1.18 bits per heavy atom. The van der Waals surface area contributed by atoms with Gasteiger partial charge in [0.25, 0.3) is 11.5 Å². The lowest BCUT2D eigenvalue weighted by Crippen LogP contribution is -2.41. The van der Waals surface area contributed by atoms with E-state index in [0.29, 0.717) is 33.4 Å². The molecule has 0 bridgehead atoms. The number of aromatic amines is 1. The van der Waals surface area contributed by atoms with Crippen LogP contribution >= 0.6 is 0 Å². The van der Waals surface area contributed by atoms with E-state index in [1.807, 2.05) is 31.1 Å². The Balaban J connectivity index is 1.38. The van der Waals surface area contributed by atoms with Crippen LogP contribution in [0.4, 0.5) is 4.39 Å². The van der Waals surface area contributed by atoms with E-state index in [1.54, 1.807) is 29.1 Å². The smallest absolute Gasteiger partial charge is 0.258 e. The summed E-state index contributed by atoms with van der Waals surface area (Å²) in [5.41, 5.74) is 2.24. The summed E-state index contributed by atoms with van der Waals surface area (Å²) in [6, 6.07) is 13.2. The third kappa shape index (κ3) is 4.22. The number of aromatic nitrogens is 4. The molecule has 0 unspecified atom stereocenters. The molecule has 1 atom stereocenters. The van der Waals surface area contributed by atoms with Gasteiger partial charge in [0.15, 0.2) is 0 Å². The number of nitrogens with zero attached hydrogens (tertiary/aromatic N) is 5. The summed E-state index contributed by atoms with van der Waals surface area (Å²) >= 11 is 0. The van der Waals surface area contributed by atoms with Gasteiger partial charge in [-0.15, -0.1) is 5.10 Å². The predicted octanol–water partition coefficient (Wildman–Crippen LogP) is 3.08. The second kappa shape index (κ2) is 8.83. The molecule has 0 saturated carbocycles. The topological polar surface area (TPSA) is 87.1 Å². The molecule has 0 aliphatic carbocycles. The van der Waals surface area contributed by atoms with E-state index >= 15 is 0 Å². The number of hydrogen-bond acceptors (Lipinski definition) is 5. The van der Waals surface area contributed by atoms with Gasteiger partial charge in [-0.1, -0.05) is 5.21 Å². The minimum atomic E-state index is -0.384. The standard InChI is InChI=1S/C25H25FN6O2/c1-30(2)14-20-4-3-11-31(20)25(34)16-5-8-19(9-6-16)32-15-23(28-29-32)21-13-17-12-18(26)7-10-22(17)27-24(21)33/h5-10,12-13,15,20H,3-4,11,14H2,1-2H3,(H,27,33)/t20-/m0/s1. The summed E-state index contributed by atoms with van der Waals surface area (Å²) < 4.78 is 15.2. The normalized spacial score (nSPS) is 16.0. The number of likely N-dealkylation sites (tertiary alicyclic amines) is 1. The monoisotopic (exact) mass is 460 g/mol. The summed E-state index contributed by atoms with van der Waals surface area (Å²) in [7, 11) is 4.04. The first kappa shape index (κ1) is 22.0. The number of H-pyrrole nitrogens is 1. The average molecular weight is 461 g/mol. The number of carbonyl (C=O) groups excluding carboxylic acids is 1. The molecule has 3 heterocycles. The summed E-state index contributed by atoms with van der Waals surface area (Å²) in [4.78, 5) is 32.4. The highest BCUT2D eigenvalue weighted by Crippen LogP contribution is 2.22. The van der Waals surface area contributed by atoms with Crippen LogP contribution in [0, 0.1) is 5.82 Å². The van der Waals surface area contributed by atoms with Crippen LogP contribution in [0.1, 0.15) is 23.2 Å². The largest absolute Gasteiger partial charge is 0.334 e. The predicted molar refractivity (Wildman–Crippen MR) is 127 cm³/mol. The first-order chi connectivity index (χ1) is 16.4. The van der Waals surface area contributed by atoms with E-state index in [2.05, 4.69) is 20.2 Å². The molecule has 2 aromatic carbocycles. The highest BCUT2D eigenvalue weighted by molar-refractivity contribution is 5.94. The molecule has 1 aliphatic rings. The van der Waals surface area contributed by atoms with Crippen molar-refractivity contribution in [3.8, 4) is 16.9 Å². The van der Waals surface area contributed by atoms with E-state index in [9.17, 15) is 14.0 Å². The number of pyridine rings is 1. The zero-order valence-electron chi connectivity index (χ0n) is 19.0. The second-order valence-electron chi connectivity index (χ2n) is 8.90. The molecule has 1 fully saturated rings. The van der Waals surface area contributed by atoms with Crippen LogP contribution in [0.2, 0.25) is 0 Å². The third-order valence-corrected chi connectivity index (χ3v) is 6.17. The maximum absolute atomic E-state index is 13.6. The number of nitrogens with one attached hydrogen (secondary N) is 1. The van der Waals surface area contributed by atoms with Gasteiger partial charge in [-0.3, -0.25) is 9.59 Å². The number of fused-ring (bicyclic) bond motifs is 1. The molecule has 1 aliphatic heterocycles. The molecule has 0 spiro atoms. The van der Waals surface area contributed by atoms with Gasteiger partial charge in [0.1, 0.15) is 11.5 Å². The van der Waals surface area contributed by atoms with Crippen LogP contribution in [0.25, 0.3) is 27.8 Å². The molecule has 4 aromatic rings. The lowest BCUT2D eigenvalue weighted by Gasteiger charge is -2.27. The zero-order chi connectivity index (χ0) is 23.8. The fourth-order valence-electron chi connectivity index (χ4n) is 4.52. The van der Waals surface area contributed by atoms with E-state index < -0.39 is 0 Å². The number of hydrogen-bond donors (Lipinski definition) is 1. The minimum absolute atomic E-state index is 0.0325. The molecule has 174 valence electrons. The Labute approximate surface area is 195 Å². The Kier molecular flexibility index (Phi) is 5.70. The number of likely N-dealkylation sites (N-methyl/N-ethyl adjacent to an activating group) is 1. The van der Waals surface area contributed by atoms with Gasteiger partial charge < -0.3 is 14.8 Å². The lowest BCUT2D eigenvalue weighted by molar-refractivity contribution is 0.0716. The van der Waals surface area contributed by atoms with Crippen molar-refractivity contribution in [1.82, 2.24) is 29.8 Å². The van der Waals surface area contributed by atoms with Crippen molar-refractivity contribution in [3.05, 3.63) is 76.5 Å². The SMILES string of the molecule is CN(C)C[C@@H]1CCCN1C(=O)c1ccc(-n2cc(-c3cc4cc(F)ccc4[nH]c3=O)nn2)cc1. The first-order valence-corrected chi connectivity index (χ1v) is 11.2. The van der Waals surface area contributed by atoms with Crippen molar-refractivity contribution >= 4 is 16.8 Å². The van der Waals surface area contributed by atoms with E-state index in [4.69, 9.17) is 0 Å². The van der Waals surface area contributed by atoms with Crippen molar-refractivity contribution in [2.24, 2.45) is 0 Å². The minimum Gasteiger partial charge on any atom is -0.334 e. The van der Waals surface area contributed by atoms with Crippen molar-refractivity contribution in [2.45, 2.75) is 18.9 Å².